The van der Waals surface area contributed by atoms with Gasteiger partial charge in [-0.05, 0) is 30.9 Å². The quantitative estimate of drug-likeness (QED) is 0.870. The topological polar surface area (TPSA) is 41.1 Å². The largest absolute Gasteiger partial charge is 0.337 e. The molecule has 3 rings (SSSR count). The number of rotatable bonds is 5. The van der Waals surface area contributed by atoms with Crippen molar-refractivity contribution in [3.63, 3.8) is 0 Å². The van der Waals surface area contributed by atoms with Gasteiger partial charge in [-0.25, -0.2) is 4.79 Å². The molecule has 3 heteroatoms. The minimum absolute atomic E-state index is 0.0946. The molecule has 3 nitrogen and oxygen atoms in total. The van der Waals surface area contributed by atoms with E-state index in [1.807, 2.05) is 18.2 Å². The van der Waals surface area contributed by atoms with Crippen LogP contribution in [0.25, 0.3) is 0 Å². The molecular formula is C19H22N2O. The van der Waals surface area contributed by atoms with Crippen LogP contribution < -0.4 is 10.6 Å². The molecule has 1 aliphatic rings. The number of aryl methyl sites for hydroxylation is 1. The molecule has 0 spiro atoms. The van der Waals surface area contributed by atoms with Gasteiger partial charge in [0.25, 0.3) is 0 Å². The Morgan fingerprint density at radius 1 is 1.00 bits per heavy atom. The van der Waals surface area contributed by atoms with Crippen LogP contribution in [-0.2, 0) is 12.0 Å². The van der Waals surface area contributed by atoms with Gasteiger partial charge in [0.05, 0.1) is 0 Å². The van der Waals surface area contributed by atoms with Crippen molar-refractivity contribution in [3.05, 3.63) is 71.3 Å². The number of nitrogens with one attached hydrogen (secondary N) is 2. The fraction of sp³-hybridized carbons (Fsp3) is 0.316. The van der Waals surface area contributed by atoms with Crippen LogP contribution in [0.15, 0.2) is 54.6 Å². The Morgan fingerprint density at radius 2 is 1.68 bits per heavy atom. The zero-order valence-corrected chi connectivity index (χ0v) is 12.9. The Morgan fingerprint density at radius 3 is 2.32 bits per heavy atom. The van der Waals surface area contributed by atoms with E-state index in [-0.39, 0.29) is 11.4 Å². The van der Waals surface area contributed by atoms with Gasteiger partial charge in [0.15, 0.2) is 0 Å². The van der Waals surface area contributed by atoms with E-state index in [2.05, 4.69) is 54.0 Å². The van der Waals surface area contributed by atoms with Crippen LogP contribution in [0, 0.1) is 6.92 Å². The number of amides is 2. The van der Waals surface area contributed by atoms with Crippen molar-refractivity contribution in [1.29, 1.82) is 0 Å². The minimum Gasteiger partial charge on any atom is -0.337 e. The third-order valence-electron chi connectivity index (χ3n) is 4.40. The fourth-order valence-electron chi connectivity index (χ4n) is 2.71. The van der Waals surface area contributed by atoms with Crippen molar-refractivity contribution >= 4 is 6.03 Å². The molecule has 0 saturated heterocycles. The summed E-state index contributed by atoms with van der Waals surface area (Å²) in [5.74, 6) is 0. The Bertz CT molecular complexity index is 630. The summed E-state index contributed by atoms with van der Waals surface area (Å²) in [6.45, 7) is 3.32. The summed E-state index contributed by atoms with van der Waals surface area (Å²) in [5.41, 5.74) is 3.83. The smallest absolute Gasteiger partial charge is 0.315 e. The lowest BCUT2D eigenvalue weighted by molar-refractivity contribution is 0.239. The van der Waals surface area contributed by atoms with Crippen LogP contribution in [0.5, 0.6) is 0 Å². The summed E-state index contributed by atoms with van der Waals surface area (Å²) in [4.78, 5) is 12.0. The van der Waals surface area contributed by atoms with E-state index in [1.54, 1.807) is 0 Å². The van der Waals surface area contributed by atoms with E-state index < -0.39 is 0 Å². The second-order valence-electron chi connectivity index (χ2n) is 6.17. The van der Waals surface area contributed by atoms with E-state index in [4.69, 9.17) is 0 Å². The molecule has 0 heterocycles. The summed E-state index contributed by atoms with van der Waals surface area (Å²) in [6.07, 6.45) is 2.30. The maximum atomic E-state index is 12.0. The van der Waals surface area contributed by atoms with Crippen LogP contribution in [0.3, 0.4) is 0 Å². The highest BCUT2D eigenvalue weighted by Gasteiger charge is 2.44. The molecule has 0 aliphatic heterocycles. The van der Waals surface area contributed by atoms with Crippen molar-refractivity contribution in [3.8, 4) is 0 Å². The van der Waals surface area contributed by atoms with Crippen LogP contribution in [0.4, 0.5) is 4.79 Å². The first-order valence-corrected chi connectivity index (χ1v) is 7.81. The molecule has 2 aromatic rings. The number of urea groups is 1. The van der Waals surface area contributed by atoms with Gasteiger partial charge in [0.1, 0.15) is 0 Å². The molecule has 1 saturated carbocycles. The maximum absolute atomic E-state index is 12.0. The number of hydrogen-bond donors (Lipinski definition) is 2. The van der Waals surface area contributed by atoms with Crippen LogP contribution in [0.1, 0.15) is 29.5 Å². The standard InChI is InChI=1S/C19H22N2O/c1-15-7-9-16(10-8-15)13-20-18(22)21-14-19(11-12-19)17-5-3-2-4-6-17/h2-10H,11-14H2,1H3,(H2,20,21,22). The number of benzene rings is 2. The van der Waals surface area contributed by atoms with Crippen LogP contribution >= 0.6 is 0 Å². The average molecular weight is 294 g/mol. The van der Waals surface area contributed by atoms with Gasteiger partial charge in [0.2, 0.25) is 0 Å². The Hall–Kier alpha value is -2.29. The van der Waals surface area contributed by atoms with Crippen LogP contribution in [0.2, 0.25) is 0 Å². The highest BCUT2D eigenvalue weighted by molar-refractivity contribution is 5.74. The molecule has 2 amide bonds. The van der Waals surface area contributed by atoms with E-state index in [9.17, 15) is 4.79 Å². The van der Waals surface area contributed by atoms with Crippen molar-refractivity contribution in [2.24, 2.45) is 0 Å². The first-order chi connectivity index (χ1) is 10.7. The predicted octanol–water partition coefficient (Wildman–Crippen LogP) is 3.53. The van der Waals surface area contributed by atoms with Gasteiger partial charge < -0.3 is 10.6 Å². The SMILES string of the molecule is Cc1ccc(CNC(=O)NCC2(c3ccccc3)CC2)cc1. The molecule has 0 radical (unpaired) electrons. The lowest BCUT2D eigenvalue weighted by Crippen LogP contribution is -2.39. The van der Waals surface area contributed by atoms with Crippen LogP contribution in [-0.4, -0.2) is 12.6 Å². The first kappa shape index (κ1) is 14.6. The van der Waals surface area contributed by atoms with E-state index in [1.165, 1.54) is 11.1 Å². The van der Waals surface area contributed by atoms with E-state index >= 15 is 0 Å². The molecule has 0 bridgehead atoms. The third kappa shape index (κ3) is 3.48. The van der Waals surface area contributed by atoms with Crippen molar-refractivity contribution in [2.45, 2.75) is 31.7 Å². The van der Waals surface area contributed by atoms with Gasteiger partial charge in [-0.3, -0.25) is 0 Å². The Balaban J connectivity index is 1.48. The molecule has 1 fully saturated rings. The molecular weight excluding hydrogens is 272 g/mol. The predicted molar refractivity (Wildman–Crippen MR) is 88.8 cm³/mol. The lowest BCUT2D eigenvalue weighted by Gasteiger charge is -2.17. The normalized spacial score (nSPS) is 15.1. The third-order valence-corrected chi connectivity index (χ3v) is 4.40. The lowest BCUT2D eigenvalue weighted by atomic mass is 9.96. The second kappa shape index (κ2) is 6.22. The summed E-state index contributed by atoms with van der Waals surface area (Å²) in [5, 5.41) is 5.94. The molecule has 114 valence electrons. The molecule has 1 aliphatic carbocycles. The summed E-state index contributed by atoms with van der Waals surface area (Å²) >= 11 is 0. The van der Waals surface area contributed by atoms with Crippen molar-refractivity contribution in [1.82, 2.24) is 10.6 Å². The van der Waals surface area contributed by atoms with Gasteiger partial charge >= 0.3 is 6.03 Å². The highest BCUT2D eigenvalue weighted by Crippen LogP contribution is 2.47. The number of carbonyl (C=O) groups is 1. The maximum Gasteiger partial charge on any atom is 0.315 e. The number of hydrogen-bond acceptors (Lipinski definition) is 1. The second-order valence-corrected chi connectivity index (χ2v) is 6.17. The number of carbonyl (C=O) groups excluding carboxylic acids is 1. The van der Waals surface area contributed by atoms with Gasteiger partial charge in [-0.2, -0.15) is 0 Å². The van der Waals surface area contributed by atoms with Gasteiger partial charge in [-0.15, -0.1) is 0 Å². The summed E-state index contributed by atoms with van der Waals surface area (Å²) in [6, 6.07) is 18.6. The molecule has 0 unspecified atom stereocenters. The van der Waals surface area contributed by atoms with Gasteiger partial charge in [-0.1, -0.05) is 60.2 Å². The van der Waals surface area contributed by atoms with E-state index in [0.717, 1.165) is 18.4 Å². The van der Waals surface area contributed by atoms with Crippen molar-refractivity contribution < 1.29 is 4.79 Å². The van der Waals surface area contributed by atoms with Gasteiger partial charge in [0, 0.05) is 18.5 Å². The highest BCUT2D eigenvalue weighted by atomic mass is 16.2. The zero-order chi connectivity index (χ0) is 15.4. The Labute approximate surface area is 131 Å². The minimum atomic E-state index is -0.0946. The van der Waals surface area contributed by atoms with Crippen molar-refractivity contribution in [2.75, 3.05) is 6.54 Å². The summed E-state index contributed by atoms with van der Waals surface area (Å²) in [7, 11) is 0. The molecule has 0 aromatic heterocycles. The summed E-state index contributed by atoms with van der Waals surface area (Å²) < 4.78 is 0. The zero-order valence-electron chi connectivity index (χ0n) is 12.9. The first-order valence-electron chi connectivity index (χ1n) is 7.81. The Kier molecular flexibility index (Phi) is 4.14. The average Bonchev–Trinajstić information content (AvgIpc) is 3.34. The molecule has 22 heavy (non-hydrogen) atoms. The molecule has 2 N–H and O–H groups in total. The fourth-order valence-corrected chi connectivity index (χ4v) is 2.71. The van der Waals surface area contributed by atoms with E-state index in [0.29, 0.717) is 13.1 Å². The monoisotopic (exact) mass is 294 g/mol. The molecule has 0 atom stereocenters. The molecule has 2 aromatic carbocycles.